The number of nitrogens with zero attached hydrogens (tertiary/aromatic N) is 3. The number of aryl methyl sites for hydroxylation is 1. The third kappa shape index (κ3) is 3.88. The first kappa shape index (κ1) is 21.6. The Morgan fingerprint density at radius 2 is 2.00 bits per heavy atom. The summed E-state index contributed by atoms with van der Waals surface area (Å²) in [5.41, 5.74) is 4.36. The lowest BCUT2D eigenvalue weighted by molar-refractivity contribution is -0.102. The lowest BCUT2D eigenvalue weighted by atomic mass is 9.94. The van der Waals surface area contributed by atoms with Gasteiger partial charge in [0.2, 0.25) is 5.88 Å². The Hall–Kier alpha value is -3.95. The van der Waals surface area contributed by atoms with Gasteiger partial charge in [-0.3, -0.25) is 4.57 Å². The summed E-state index contributed by atoms with van der Waals surface area (Å²) in [4.78, 5) is 28.8. The van der Waals surface area contributed by atoms with Crippen molar-refractivity contribution in [2.24, 2.45) is 0 Å². The fourth-order valence-corrected chi connectivity index (χ4v) is 4.82. The summed E-state index contributed by atoms with van der Waals surface area (Å²) in [5, 5.41) is 10.7. The summed E-state index contributed by atoms with van der Waals surface area (Å²) < 4.78 is 19.7. The van der Waals surface area contributed by atoms with Crippen LogP contribution in [0.2, 0.25) is 0 Å². The van der Waals surface area contributed by atoms with Crippen molar-refractivity contribution in [3.8, 4) is 28.4 Å². The smallest absolute Gasteiger partial charge is 0.416 e. The van der Waals surface area contributed by atoms with Gasteiger partial charge in [0.15, 0.2) is 0 Å². The Bertz CT molecular complexity index is 1500. The number of hydrogen-bond donors (Lipinski definition) is 1. The van der Waals surface area contributed by atoms with E-state index < -0.39 is 6.09 Å². The Morgan fingerprint density at radius 3 is 2.83 bits per heavy atom. The van der Waals surface area contributed by atoms with E-state index >= 15 is 0 Å². The molecule has 9 heteroatoms. The highest BCUT2D eigenvalue weighted by Gasteiger charge is 2.22. The topological polar surface area (TPSA) is 105 Å². The molecule has 2 aliphatic heterocycles. The van der Waals surface area contributed by atoms with E-state index in [1.54, 1.807) is 16.7 Å². The Balaban J connectivity index is 1.36. The first-order chi connectivity index (χ1) is 17.1. The van der Waals surface area contributed by atoms with E-state index in [4.69, 9.17) is 14.2 Å². The van der Waals surface area contributed by atoms with Gasteiger partial charge in [0, 0.05) is 23.6 Å². The number of hydrogen-bond acceptors (Lipinski definition) is 6. The van der Waals surface area contributed by atoms with Gasteiger partial charge in [0.1, 0.15) is 12.7 Å². The van der Waals surface area contributed by atoms with Gasteiger partial charge in [0.25, 0.3) is 0 Å². The van der Waals surface area contributed by atoms with E-state index in [-0.39, 0.29) is 24.3 Å². The van der Waals surface area contributed by atoms with Crippen LogP contribution in [0.15, 0.2) is 59.4 Å². The van der Waals surface area contributed by atoms with Crippen LogP contribution in [0, 0.1) is 0 Å². The minimum absolute atomic E-state index is 0.194. The van der Waals surface area contributed by atoms with E-state index in [2.05, 4.69) is 4.98 Å². The predicted molar refractivity (Wildman–Crippen MR) is 128 cm³/mol. The Kier molecular flexibility index (Phi) is 5.35. The zero-order valence-corrected chi connectivity index (χ0v) is 18.8. The predicted octanol–water partition coefficient (Wildman–Crippen LogP) is 3.41. The lowest BCUT2D eigenvalue weighted by Gasteiger charge is -2.24. The monoisotopic (exact) mass is 473 g/mol. The number of aromatic nitrogens is 3. The molecular formula is C26H23N3O6. The van der Waals surface area contributed by atoms with Gasteiger partial charge < -0.3 is 19.3 Å². The van der Waals surface area contributed by atoms with Crippen LogP contribution in [0.4, 0.5) is 4.79 Å². The van der Waals surface area contributed by atoms with E-state index in [1.165, 1.54) is 4.57 Å². The maximum absolute atomic E-state index is 12.7. The van der Waals surface area contributed by atoms with E-state index in [1.807, 2.05) is 42.5 Å². The zero-order chi connectivity index (χ0) is 23.9. The third-order valence-electron chi connectivity index (χ3n) is 6.47. The van der Waals surface area contributed by atoms with Gasteiger partial charge in [0.05, 0.1) is 36.7 Å². The van der Waals surface area contributed by atoms with Crippen LogP contribution in [0.25, 0.3) is 33.4 Å². The second kappa shape index (κ2) is 8.68. The van der Waals surface area contributed by atoms with Crippen LogP contribution in [0.5, 0.6) is 5.88 Å². The molecule has 1 atom stereocenters. The van der Waals surface area contributed by atoms with Crippen molar-refractivity contribution in [2.45, 2.75) is 19.1 Å². The van der Waals surface area contributed by atoms with Gasteiger partial charge in [-0.15, -0.1) is 0 Å². The van der Waals surface area contributed by atoms with Crippen LogP contribution in [0.1, 0.15) is 5.56 Å². The second-order valence-corrected chi connectivity index (χ2v) is 8.62. The highest BCUT2D eigenvalue weighted by Crippen LogP contribution is 2.35. The lowest BCUT2D eigenvalue weighted by Crippen LogP contribution is -2.34. The average Bonchev–Trinajstić information content (AvgIpc) is 3.28. The zero-order valence-electron chi connectivity index (χ0n) is 18.8. The maximum Gasteiger partial charge on any atom is 0.416 e. The molecule has 35 heavy (non-hydrogen) atoms. The number of carbonyl (C=O) groups is 1. The summed E-state index contributed by atoms with van der Waals surface area (Å²) in [6.45, 7) is 2.27. The molecule has 0 spiro atoms. The molecule has 0 bridgehead atoms. The summed E-state index contributed by atoms with van der Waals surface area (Å²) in [6.07, 6.45) is -0.588. The number of ether oxygens (including phenoxy) is 3. The van der Waals surface area contributed by atoms with Crippen LogP contribution in [0.3, 0.4) is 0 Å². The summed E-state index contributed by atoms with van der Waals surface area (Å²) in [5.74, 6) is 0.248. The first-order valence-corrected chi connectivity index (χ1v) is 11.5. The van der Waals surface area contributed by atoms with Crippen molar-refractivity contribution >= 4 is 17.0 Å². The van der Waals surface area contributed by atoms with Crippen LogP contribution in [-0.2, 0) is 22.4 Å². The minimum Gasteiger partial charge on any atom is -0.475 e. The van der Waals surface area contributed by atoms with Gasteiger partial charge in [-0.2, -0.15) is 4.98 Å². The molecular weight excluding hydrogens is 450 g/mol. The molecule has 1 unspecified atom stereocenters. The molecule has 178 valence electrons. The normalized spacial score (nSPS) is 17.1. The van der Waals surface area contributed by atoms with Crippen molar-refractivity contribution in [2.75, 3.05) is 26.4 Å². The van der Waals surface area contributed by atoms with Crippen LogP contribution >= 0.6 is 0 Å². The van der Waals surface area contributed by atoms with Gasteiger partial charge in [-0.05, 0) is 35.7 Å². The number of benzene rings is 2. The van der Waals surface area contributed by atoms with E-state index in [0.717, 1.165) is 27.8 Å². The second-order valence-electron chi connectivity index (χ2n) is 8.62. The maximum atomic E-state index is 12.7. The SMILES string of the molecule is O=C(O)n1c(-c2ccc3c(c2)CCn2c-3cc(OCC3COCCO3)nc2=O)cc2ccccc21. The fourth-order valence-electron chi connectivity index (χ4n) is 4.82. The molecule has 0 saturated carbocycles. The fraction of sp³-hybridized carbons (Fsp3) is 0.269. The molecule has 4 heterocycles. The Morgan fingerprint density at radius 1 is 1.11 bits per heavy atom. The molecule has 2 aliphatic rings. The molecule has 2 aromatic carbocycles. The van der Waals surface area contributed by atoms with Crippen molar-refractivity contribution in [1.29, 1.82) is 0 Å². The summed E-state index contributed by atoms with van der Waals surface area (Å²) >= 11 is 0. The molecule has 2 aromatic heterocycles. The largest absolute Gasteiger partial charge is 0.475 e. The summed E-state index contributed by atoms with van der Waals surface area (Å²) in [7, 11) is 0. The van der Waals surface area contributed by atoms with Crippen molar-refractivity contribution in [3.63, 3.8) is 0 Å². The summed E-state index contributed by atoms with van der Waals surface area (Å²) in [6, 6.07) is 16.9. The quantitative estimate of drug-likeness (QED) is 0.484. The Labute approximate surface area is 200 Å². The molecule has 1 fully saturated rings. The van der Waals surface area contributed by atoms with Gasteiger partial charge >= 0.3 is 11.8 Å². The standard InChI is InChI=1S/C26H23N3O6/c30-25-27-24(35-15-19-14-33-9-10-34-19)13-23-20-6-5-18(11-16(20)7-8-28(23)25)22-12-17-3-1-2-4-21(17)29(22)26(31)32/h1-6,11-13,19H,7-10,14-15H2,(H,31,32). The third-order valence-corrected chi connectivity index (χ3v) is 6.47. The van der Waals surface area contributed by atoms with Crippen LogP contribution < -0.4 is 10.4 Å². The van der Waals surface area contributed by atoms with Gasteiger partial charge in [-0.25, -0.2) is 14.2 Å². The average molecular weight is 473 g/mol. The molecule has 1 N–H and O–H groups in total. The molecule has 0 aliphatic carbocycles. The molecule has 9 nitrogen and oxygen atoms in total. The van der Waals surface area contributed by atoms with E-state index in [9.17, 15) is 14.7 Å². The van der Waals surface area contributed by atoms with Gasteiger partial charge in [-0.1, -0.05) is 30.3 Å². The molecule has 6 rings (SSSR count). The molecule has 0 radical (unpaired) electrons. The number of fused-ring (bicyclic) bond motifs is 4. The minimum atomic E-state index is -1.03. The molecule has 4 aromatic rings. The number of rotatable bonds is 4. The molecule has 0 amide bonds. The van der Waals surface area contributed by atoms with Crippen molar-refractivity contribution in [1.82, 2.24) is 14.1 Å². The number of para-hydroxylation sites is 1. The van der Waals surface area contributed by atoms with Crippen molar-refractivity contribution < 1.29 is 24.1 Å². The molecule has 1 saturated heterocycles. The first-order valence-electron chi connectivity index (χ1n) is 11.5. The van der Waals surface area contributed by atoms with Crippen molar-refractivity contribution in [3.05, 3.63) is 70.6 Å². The van der Waals surface area contributed by atoms with E-state index in [0.29, 0.717) is 44.0 Å². The number of carboxylic acid groups (broad SMARTS) is 1. The van der Waals surface area contributed by atoms with Crippen LogP contribution in [-0.4, -0.2) is 57.8 Å². The highest BCUT2D eigenvalue weighted by atomic mass is 16.6. The highest BCUT2D eigenvalue weighted by molar-refractivity contribution is 5.95.